The van der Waals surface area contributed by atoms with Crippen molar-refractivity contribution < 1.29 is 19.2 Å². The van der Waals surface area contributed by atoms with Crippen LogP contribution in [-0.2, 0) is 16.1 Å². The Kier molecular flexibility index (Phi) is 6.27. The van der Waals surface area contributed by atoms with Gasteiger partial charge in [0.2, 0.25) is 0 Å². The molecule has 0 saturated heterocycles. The SMILES string of the molecule is CCOC(=O)CCn1cc(C(=O)c2ccc([N+](=O)[O-])cc2)c(C(C)C)c1. The summed E-state index contributed by atoms with van der Waals surface area (Å²) < 4.78 is 6.73. The van der Waals surface area contributed by atoms with Gasteiger partial charge in [0.1, 0.15) is 0 Å². The molecule has 0 saturated carbocycles. The summed E-state index contributed by atoms with van der Waals surface area (Å²) in [6.45, 7) is 6.48. The second-order valence-electron chi connectivity index (χ2n) is 6.21. The van der Waals surface area contributed by atoms with Gasteiger partial charge in [-0.25, -0.2) is 0 Å². The quantitative estimate of drug-likeness (QED) is 0.310. The number of non-ortho nitro benzene ring substituents is 1. The third kappa shape index (κ3) is 4.56. The highest BCUT2D eigenvalue weighted by atomic mass is 16.6. The Hall–Kier alpha value is -2.96. The topological polar surface area (TPSA) is 91.4 Å². The molecule has 1 aromatic carbocycles. The van der Waals surface area contributed by atoms with Gasteiger partial charge in [-0.1, -0.05) is 13.8 Å². The van der Waals surface area contributed by atoms with Crippen molar-refractivity contribution in [2.45, 2.75) is 39.7 Å². The minimum atomic E-state index is -0.500. The maximum atomic E-state index is 12.8. The van der Waals surface area contributed by atoms with Crippen molar-refractivity contribution in [3.8, 4) is 0 Å². The molecule has 0 atom stereocenters. The smallest absolute Gasteiger partial charge is 0.307 e. The lowest BCUT2D eigenvalue weighted by atomic mass is 9.96. The molecular weight excluding hydrogens is 336 g/mol. The molecule has 0 N–H and O–H groups in total. The molecule has 2 aromatic rings. The highest BCUT2D eigenvalue weighted by molar-refractivity contribution is 6.10. The van der Waals surface area contributed by atoms with Gasteiger partial charge >= 0.3 is 5.97 Å². The normalized spacial score (nSPS) is 10.8. The molecule has 0 aliphatic heterocycles. The molecule has 7 heteroatoms. The summed E-state index contributed by atoms with van der Waals surface area (Å²) in [5, 5.41) is 10.8. The molecule has 0 unspecified atom stereocenters. The molecule has 138 valence electrons. The summed E-state index contributed by atoms with van der Waals surface area (Å²) in [4.78, 5) is 34.6. The fourth-order valence-corrected chi connectivity index (χ4v) is 2.65. The van der Waals surface area contributed by atoms with E-state index in [0.29, 0.717) is 24.3 Å². The lowest BCUT2D eigenvalue weighted by Gasteiger charge is -2.06. The average molecular weight is 358 g/mol. The molecule has 1 heterocycles. The minimum absolute atomic E-state index is 0.0577. The van der Waals surface area contributed by atoms with Gasteiger partial charge in [0.25, 0.3) is 5.69 Å². The lowest BCUT2D eigenvalue weighted by Crippen LogP contribution is -2.08. The fraction of sp³-hybridized carbons (Fsp3) is 0.368. The van der Waals surface area contributed by atoms with Crippen molar-refractivity contribution in [2.75, 3.05) is 6.61 Å². The van der Waals surface area contributed by atoms with Crippen molar-refractivity contribution in [3.63, 3.8) is 0 Å². The van der Waals surface area contributed by atoms with E-state index in [-0.39, 0.29) is 29.8 Å². The Morgan fingerprint density at radius 1 is 1.19 bits per heavy atom. The second-order valence-corrected chi connectivity index (χ2v) is 6.21. The number of ketones is 1. The molecule has 0 aliphatic rings. The number of nitro benzene ring substituents is 1. The van der Waals surface area contributed by atoms with E-state index in [1.807, 2.05) is 24.6 Å². The van der Waals surface area contributed by atoms with E-state index in [1.165, 1.54) is 24.3 Å². The molecule has 0 aliphatic carbocycles. The number of carbonyl (C=O) groups excluding carboxylic acids is 2. The predicted octanol–water partition coefficient (Wildman–Crippen LogP) is 3.70. The van der Waals surface area contributed by atoms with Crippen LogP contribution in [0.1, 0.15) is 54.6 Å². The van der Waals surface area contributed by atoms with Gasteiger partial charge in [0.15, 0.2) is 5.78 Å². The van der Waals surface area contributed by atoms with Crippen molar-refractivity contribution >= 4 is 17.4 Å². The Labute approximate surface area is 151 Å². The van der Waals surface area contributed by atoms with Crippen LogP contribution in [0, 0.1) is 10.1 Å². The van der Waals surface area contributed by atoms with E-state index in [9.17, 15) is 19.7 Å². The van der Waals surface area contributed by atoms with E-state index in [1.54, 1.807) is 13.1 Å². The zero-order chi connectivity index (χ0) is 19.3. The molecule has 0 amide bonds. The Morgan fingerprint density at radius 3 is 2.38 bits per heavy atom. The molecular formula is C19H22N2O5. The summed E-state index contributed by atoms with van der Waals surface area (Å²) in [5.41, 5.74) is 1.74. The number of aromatic nitrogens is 1. The maximum absolute atomic E-state index is 12.8. The van der Waals surface area contributed by atoms with E-state index in [0.717, 1.165) is 5.56 Å². The third-order valence-corrected chi connectivity index (χ3v) is 4.00. The standard InChI is InChI=1S/C19H22N2O5/c1-4-26-18(22)9-10-20-11-16(13(2)3)17(12-20)19(23)14-5-7-15(8-6-14)21(24)25/h5-8,11-13H,4,9-10H2,1-3H3. The van der Waals surface area contributed by atoms with E-state index >= 15 is 0 Å². The predicted molar refractivity (Wildman–Crippen MR) is 96.3 cm³/mol. The van der Waals surface area contributed by atoms with E-state index in [4.69, 9.17) is 4.74 Å². The van der Waals surface area contributed by atoms with Gasteiger partial charge in [-0.3, -0.25) is 19.7 Å². The van der Waals surface area contributed by atoms with Gasteiger partial charge in [-0.05, 0) is 30.5 Å². The largest absolute Gasteiger partial charge is 0.466 e. The molecule has 1 aromatic heterocycles. The van der Waals surface area contributed by atoms with Gasteiger partial charge in [-0.2, -0.15) is 0 Å². The lowest BCUT2D eigenvalue weighted by molar-refractivity contribution is -0.384. The number of nitro groups is 1. The summed E-state index contributed by atoms with van der Waals surface area (Å²) in [5.74, 6) is -0.357. The first kappa shape index (κ1) is 19.4. The number of ether oxygens (including phenoxy) is 1. The van der Waals surface area contributed by atoms with Crippen LogP contribution in [0.2, 0.25) is 0 Å². The summed E-state index contributed by atoms with van der Waals surface area (Å²) in [7, 11) is 0. The van der Waals surface area contributed by atoms with Crippen molar-refractivity contribution in [1.82, 2.24) is 4.57 Å². The van der Waals surface area contributed by atoms with Crippen LogP contribution in [0.15, 0.2) is 36.7 Å². The Bertz CT molecular complexity index is 806. The van der Waals surface area contributed by atoms with Gasteiger partial charge < -0.3 is 9.30 Å². The van der Waals surface area contributed by atoms with Crippen molar-refractivity contribution in [3.05, 3.63) is 63.5 Å². The summed E-state index contributed by atoms with van der Waals surface area (Å²) >= 11 is 0. The number of aryl methyl sites for hydroxylation is 1. The molecule has 0 bridgehead atoms. The molecule has 0 radical (unpaired) electrons. The summed E-state index contributed by atoms with van der Waals surface area (Å²) in [6, 6.07) is 5.56. The molecule has 2 rings (SSSR count). The molecule has 7 nitrogen and oxygen atoms in total. The monoisotopic (exact) mass is 358 g/mol. The number of nitrogens with zero attached hydrogens (tertiary/aromatic N) is 2. The van der Waals surface area contributed by atoms with Crippen LogP contribution < -0.4 is 0 Å². The number of carbonyl (C=O) groups is 2. The van der Waals surface area contributed by atoms with E-state index in [2.05, 4.69) is 0 Å². The Morgan fingerprint density at radius 2 is 1.85 bits per heavy atom. The fourth-order valence-electron chi connectivity index (χ4n) is 2.65. The molecule has 0 spiro atoms. The van der Waals surface area contributed by atoms with Crippen LogP contribution in [0.4, 0.5) is 5.69 Å². The molecule has 0 fully saturated rings. The van der Waals surface area contributed by atoms with Crippen molar-refractivity contribution in [2.24, 2.45) is 0 Å². The van der Waals surface area contributed by atoms with Crippen LogP contribution in [0.3, 0.4) is 0 Å². The minimum Gasteiger partial charge on any atom is -0.466 e. The average Bonchev–Trinajstić information content (AvgIpc) is 3.04. The van der Waals surface area contributed by atoms with Crippen LogP contribution in [0.25, 0.3) is 0 Å². The zero-order valence-corrected chi connectivity index (χ0v) is 15.1. The second kappa shape index (κ2) is 8.42. The number of esters is 1. The third-order valence-electron chi connectivity index (χ3n) is 4.00. The van der Waals surface area contributed by atoms with Gasteiger partial charge in [-0.15, -0.1) is 0 Å². The number of rotatable bonds is 8. The maximum Gasteiger partial charge on any atom is 0.307 e. The van der Waals surface area contributed by atoms with Crippen molar-refractivity contribution in [1.29, 1.82) is 0 Å². The number of hydrogen-bond acceptors (Lipinski definition) is 5. The van der Waals surface area contributed by atoms with Crippen LogP contribution in [-0.4, -0.2) is 27.8 Å². The number of hydrogen-bond donors (Lipinski definition) is 0. The Balaban J connectivity index is 2.24. The van der Waals surface area contributed by atoms with Crippen LogP contribution >= 0.6 is 0 Å². The van der Waals surface area contributed by atoms with Crippen LogP contribution in [0.5, 0.6) is 0 Å². The van der Waals surface area contributed by atoms with Gasteiger partial charge in [0, 0.05) is 42.2 Å². The first-order valence-electron chi connectivity index (χ1n) is 8.48. The summed E-state index contributed by atoms with van der Waals surface area (Å²) in [6.07, 6.45) is 3.81. The highest BCUT2D eigenvalue weighted by Gasteiger charge is 2.19. The van der Waals surface area contributed by atoms with E-state index < -0.39 is 4.92 Å². The number of benzene rings is 1. The first-order valence-corrected chi connectivity index (χ1v) is 8.48. The highest BCUT2D eigenvalue weighted by Crippen LogP contribution is 2.24. The molecule has 26 heavy (non-hydrogen) atoms. The first-order chi connectivity index (χ1) is 12.3. The zero-order valence-electron chi connectivity index (χ0n) is 15.1. The van der Waals surface area contributed by atoms with Gasteiger partial charge in [0.05, 0.1) is 18.0 Å².